The maximum Gasteiger partial charge on any atom is 0.236 e. The van der Waals surface area contributed by atoms with E-state index in [9.17, 15) is 9.59 Å². The fourth-order valence-corrected chi connectivity index (χ4v) is 4.10. The van der Waals surface area contributed by atoms with Crippen LogP contribution in [-0.2, 0) is 9.59 Å². The van der Waals surface area contributed by atoms with E-state index in [4.69, 9.17) is 0 Å². The summed E-state index contributed by atoms with van der Waals surface area (Å²) in [6.45, 7) is 0. The maximum absolute atomic E-state index is 11.7. The van der Waals surface area contributed by atoms with Crippen molar-refractivity contribution in [3.63, 3.8) is 0 Å². The number of hydrogen-bond acceptors (Lipinski definition) is 11. The van der Waals surface area contributed by atoms with Crippen LogP contribution >= 0.6 is 34.9 Å². The first kappa shape index (κ1) is 17.4. The number of aromatic nitrogens is 4. The zero-order valence-corrected chi connectivity index (χ0v) is 14.8. The molecule has 0 spiro atoms. The van der Waals surface area contributed by atoms with Crippen LogP contribution in [0.15, 0.2) is 42.4 Å². The minimum absolute atomic E-state index is 0.165. The van der Waals surface area contributed by atoms with Crippen molar-refractivity contribution in [3.8, 4) is 0 Å². The second kappa shape index (κ2) is 8.64. The van der Waals surface area contributed by atoms with E-state index in [1.165, 1.54) is 47.4 Å². The van der Waals surface area contributed by atoms with Crippen molar-refractivity contribution < 1.29 is 18.6 Å². The molecule has 0 aromatic carbocycles. The molecule has 3 aromatic heterocycles. The second-order valence-corrected chi connectivity index (χ2v) is 7.70. The smallest absolute Gasteiger partial charge is 0.236 e. The molecule has 25 heavy (non-hydrogen) atoms. The normalized spacial score (nSPS) is 10.6. The number of thioether (sulfide) groups is 2. The Labute approximate surface area is 153 Å². The van der Waals surface area contributed by atoms with Crippen LogP contribution in [0.2, 0.25) is 0 Å². The number of nitrogens with zero attached hydrogens (tertiary/aromatic N) is 4. The van der Waals surface area contributed by atoms with E-state index in [1.807, 2.05) is 0 Å². The molecule has 0 radical (unpaired) electrons. The van der Waals surface area contributed by atoms with Crippen LogP contribution in [0.5, 0.6) is 0 Å². The van der Waals surface area contributed by atoms with E-state index in [0.717, 1.165) is 0 Å². The van der Waals surface area contributed by atoms with Gasteiger partial charge in [0.1, 0.15) is 12.5 Å². The molecule has 130 valence electrons. The molecular formula is C12H10N6O4S3. The van der Waals surface area contributed by atoms with Crippen LogP contribution in [0.1, 0.15) is 0 Å². The first-order valence-electron chi connectivity index (χ1n) is 6.68. The Balaban J connectivity index is 1.39. The zero-order chi connectivity index (χ0) is 17.5. The number of nitrogens with one attached hydrogen (secondary N) is 2. The van der Waals surface area contributed by atoms with Gasteiger partial charge in [-0.25, -0.2) is 0 Å². The quantitative estimate of drug-likeness (QED) is 0.542. The number of hydrogen-bond donors (Lipinski definition) is 2. The first-order valence-corrected chi connectivity index (χ1v) is 9.47. The van der Waals surface area contributed by atoms with Gasteiger partial charge in [-0.15, -0.1) is 10.2 Å². The molecule has 0 unspecified atom stereocenters. The molecule has 3 heterocycles. The molecule has 0 aliphatic heterocycles. The SMILES string of the molecule is O=C(CSc1nnc(SCC(=O)Nc2ccon2)s1)Nc1ccon1. The van der Waals surface area contributed by atoms with Gasteiger partial charge < -0.3 is 19.7 Å². The lowest BCUT2D eigenvalue weighted by atomic mass is 10.6. The van der Waals surface area contributed by atoms with Crippen LogP contribution in [0.4, 0.5) is 11.6 Å². The third kappa shape index (κ3) is 5.58. The fraction of sp³-hybridized carbons (Fsp3) is 0.167. The summed E-state index contributed by atoms with van der Waals surface area (Å²) >= 11 is 3.80. The van der Waals surface area contributed by atoms with Gasteiger partial charge >= 0.3 is 0 Å². The van der Waals surface area contributed by atoms with Crippen molar-refractivity contribution in [2.24, 2.45) is 0 Å². The molecule has 0 bridgehead atoms. The van der Waals surface area contributed by atoms with Crippen LogP contribution in [0.25, 0.3) is 0 Å². The molecule has 0 aliphatic carbocycles. The Hall–Kier alpha value is -2.38. The van der Waals surface area contributed by atoms with Crippen molar-refractivity contribution in [2.75, 3.05) is 22.1 Å². The van der Waals surface area contributed by atoms with Gasteiger partial charge in [-0.05, 0) is 0 Å². The molecular weight excluding hydrogens is 388 g/mol. The van der Waals surface area contributed by atoms with Gasteiger partial charge in [-0.1, -0.05) is 45.2 Å². The predicted octanol–water partition coefficient (Wildman–Crippen LogP) is 1.98. The predicted molar refractivity (Wildman–Crippen MR) is 91.6 cm³/mol. The molecule has 3 rings (SSSR count). The highest BCUT2D eigenvalue weighted by Gasteiger charge is 2.12. The molecule has 3 aromatic rings. The molecule has 0 saturated carbocycles. The monoisotopic (exact) mass is 398 g/mol. The minimum atomic E-state index is -0.227. The summed E-state index contributed by atoms with van der Waals surface area (Å²) in [4.78, 5) is 23.5. The van der Waals surface area contributed by atoms with Gasteiger partial charge in [-0.3, -0.25) is 9.59 Å². The number of rotatable bonds is 8. The van der Waals surface area contributed by atoms with Crippen molar-refractivity contribution in [3.05, 3.63) is 24.7 Å². The molecule has 2 N–H and O–H groups in total. The standard InChI is InChI=1S/C12H10N6O4S3/c19-9(13-7-1-3-21-17-7)5-23-11-15-16-12(25-11)24-6-10(20)14-8-2-4-22-18-8/h1-4H,5-6H2,(H,13,17,19)(H,14,18,20). The van der Waals surface area contributed by atoms with E-state index < -0.39 is 0 Å². The van der Waals surface area contributed by atoms with Gasteiger partial charge in [0.15, 0.2) is 20.3 Å². The van der Waals surface area contributed by atoms with E-state index >= 15 is 0 Å². The molecule has 10 nitrogen and oxygen atoms in total. The van der Waals surface area contributed by atoms with Gasteiger partial charge in [0.2, 0.25) is 11.8 Å². The molecule has 0 fully saturated rings. The zero-order valence-electron chi connectivity index (χ0n) is 12.4. The second-order valence-electron chi connectivity index (χ2n) is 4.28. The van der Waals surface area contributed by atoms with Crippen LogP contribution in [0.3, 0.4) is 0 Å². The molecule has 0 aliphatic rings. The summed E-state index contributed by atoms with van der Waals surface area (Å²) in [6, 6.07) is 3.10. The number of carbonyl (C=O) groups excluding carboxylic acids is 2. The first-order chi connectivity index (χ1) is 12.2. The lowest BCUT2D eigenvalue weighted by Crippen LogP contribution is -2.14. The number of anilines is 2. The van der Waals surface area contributed by atoms with Gasteiger partial charge in [0, 0.05) is 12.1 Å². The molecule has 0 saturated heterocycles. The van der Waals surface area contributed by atoms with Crippen LogP contribution < -0.4 is 10.6 Å². The van der Waals surface area contributed by atoms with Crippen molar-refractivity contribution in [1.29, 1.82) is 0 Å². The third-order valence-electron chi connectivity index (χ3n) is 2.45. The van der Waals surface area contributed by atoms with E-state index in [-0.39, 0.29) is 23.3 Å². The van der Waals surface area contributed by atoms with E-state index in [1.54, 1.807) is 12.1 Å². The Morgan fingerprint density at radius 1 is 0.920 bits per heavy atom. The van der Waals surface area contributed by atoms with Crippen LogP contribution in [0, 0.1) is 0 Å². The summed E-state index contributed by atoms with van der Waals surface area (Å²) in [5, 5.41) is 20.3. The lowest BCUT2D eigenvalue weighted by molar-refractivity contribution is -0.114. The maximum atomic E-state index is 11.7. The fourth-order valence-electron chi connectivity index (χ4n) is 1.48. The summed E-state index contributed by atoms with van der Waals surface area (Å²) in [7, 11) is 0. The third-order valence-corrected chi connectivity index (χ3v) is 5.64. The Morgan fingerprint density at radius 3 is 1.80 bits per heavy atom. The number of amides is 2. The molecule has 2 amide bonds. The Kier molecular flexibility index (Phi) is 6.03. The minimum Gasteiger partial charge on any atom is -0.363 e. The highest BCUT2D eigenvalue weighted by molar-refractivity contribution is 8.03. The molecule has 0 atom stereocenters. The highest BCUT2D eigenvalue weighted by Crippen LogP contribution is 2.28. The van der Waals surface area contributed by atoms with Crippen molar-refractivity contribution in [2.45, 2.75) is 8.68 Å². The summed E-state index contributed by atoms with van der Waals surface area (Å²) in [6.07, 6.45) is 2.74. The number of carbonyl (C=O) groups is 2. The Morgan fingerprint density at radius 2 is 1.40 bits per heavy atom. The van der Waals surface area contributed by atoms with Gasteiger partial charge in [0.05, 0.1) is 11.5 Å². The average molecular weight is 398 g/mol. The largest absolute Gasteiger partial charge is 0.363 e. The van der Waals surface area contributed by atoms with Crippen LogP contribution in [-0.4, -0.2) is 43.8 Å². The van der Waals surface area contributed by atoms with Crippen molar-refractivity contribution in [1.82, 2.24) is 20.5 Å². The van der Waals surface area contributed by atoms with Gasteiger partial charge in [0.25, 0.3) is 0 Å². The highest BCUT2D eigenvalue weighted by atomic mass is 32.2. The van der Waals surface area contributed by atoms with Crippen molar-refractivity contribution >= 4 is 58.3 Å². The summed E-state index contributed by atoms with van der Waals surface area (Å²) in [5.41, 5.74) is 0. The summed E-state index contributed by atoms with van der Waals surface area (Å²) in [5.74, 6) is 0.595. The van der Waals surface area contributed by atoms with E-state index in [0.29, 0.717) is 20.3 Å². The topological polar surface area (TPSA) is 136 Å². The lowest BCUT2D eigenvalue weighted by Gasteiger charge is -1.98. The van der Waals surface area contributed by atoms with Gasteiger partial charge in [-0.2, -0.15) is 0 Å². The summed E-state index contributed by atoms with van der Waals surface area (Å²) < 4.78 is 10.5. The van der Waals surface area contributed by atoms with E-state index in [2.05, 4.69) is 40.2 Å². The molecule has 13 heteroatoms. The Bertz CT molecular complexity index is 753. The average Bonchev–Trinajstić information content (AvgIpc) is 3.34.